The van der Waals surface area contributed by atoms with Crippen LogP contribution in [0.1, 0.15) is 6.42 Å². The van der Waals surface area contributed by atoms with E-state index in [2.05, 4.69) is 73.3 Å². The van der Waals surface area contributed by atoms with Crippen LogP contribution in [0.2, 0.25) is 25.7 Å². The maximum Gasteiger partial charge on any atom is 0.147 e. The molecule has 1 aliphatic rings. The highest BCUT2D eigenvalue weighted by Gasteiger charge is 2.28. The zero-order chi connectivity index (χ0) is 21.1. The first kappa shape index (κ1) is 20.7. The van der Waals surface area contributed by atoms with Crippen molar-refractivity contribution >= 4 is 30.7 Å². The Bertz CT molecular complexity index is 972. The largest absolute Gasteiger partial charge is 0.361 e. The molecule has 0 radical (unpaired) electrons. The first-order valence-corrected chi connectivity index (χ1v) is 14.2. The Labute approximate surface area is 178 Å². The van der Waals surface area contributed by atoms with E-state index >= 15 is 0 Å². The van der Waals surface area contributed by atoms with Crippen LogP contribution in [-0.4, -0.2) is 65.4 Å². The van der Waals surface area contributed by atoms with Crippen LogP contribution < -0.4 is 9.80 Å². The minimum Gasteiger partial charge on any atom is -0.361 e. The van der Waals surface area contributed by atoms with Gasteiger partial charge in [0.2, 0.25) is 0 Å². The molecule has 1 fully saturated rings. The van der Waals surface area contributed by atoms with Crippen LogP contribution in [0.5, 0.6) is 0 Å². The van der Waals surface area contributed by atoms with Crippen LogP contribution >= 0.6 is 0 Å². The minimum atomic E-state index is -1.08. The Hall–Kier alpha value is -2.52. The van der Waals surface area contributed by atoms with Crippen molar-refractivity contribution in [3.8, 4) is 0 Å². The van der Waals surface area contributed by atoms with Crippen molar-refractivity contribution < 1.29 is 4.74 Å². The van der Waals surface area contributed by atoms with E-state index in [1.807, 2.05) is 6.20 Å². The Balaban J connectivity index is 1.44. The van der Waals surface area contributed by atoms with Gasteiger partial charge in [0.25, 0.3) is 0 Å². The van der Waals surface area contributed by atoms with E-state index in [1.165, 1.54) is 6.04 Å². The van der Waals surface area contributed by atoms with Crippen LogP contribution in [0.3, 0.4) is 0 Å². The normalized spacial score (nSPS) is 17.1. The van der Waals surface area contributed by atoms with Gasteiger partial charge >= 0.3 is 0 Å². The molecule has 1 aliphatic heterocycles. The summed E-state index contributed by atoms with van der Waals surface area (Å²) in [5.74, 6) is 1.90. The fourth-order valence-corrected chi connectivity index (χ4v) is 4.56. The summed E-state index contributed by atoms with van der Waals surface area (Å²) >= 11 is 0. The molecule has 0 amide bonds. The molecule has 0 bridgehead atoms. The molecule has 3 aromatic rings. The van der Waals surface area contributed by atoms with E-state index in [1.54, 1.807) is 18.7 Å². The van der Waals surface area contributed by atoms with E-state index in [0.717, 1.165) is 48.8 Å². The quantitative estimate of drug-likeness (QED) is 0.405. The van der Waals surface area contributed by atoms with Gasteiger partial charge in [0.1, 0.15) is 30.3 Å². The van der Waals surface area contributed by atoms with Gasteiger partial charge in [-0.3, -0.25) is 4.98 Å². The van der Waals surface area contributed by atoms with Crippen molar-refractivity contribution in [1.82, 2.24) is 24.5 Å². The molecule has 160 valence electrons. The average Bonchev–Trinajstić information content (AvgIpc) is 3.38. The van der Waals surface area contributed by atoms with Crippen molar-refractivity contribution in [2.45, 2.75) is 44.9 Å². The molecule has 0 aliphatic carbocycles. The SMILES string of the molecule is CN(c1cnccn1)[C@@H]1CCN(c2ncnc3c2ccn3COCC[Si](C)(C)C)C1. The highest BCUT2D eigenvalue weighted by Crippen LogP contribution is 2.29. The van der Waals surface area contributed by atoms with Crippen molar-refractivity contribution in [1.29, 1.82) is 0 Å². The number of ether oxygens (including phenoxy) is 1. The molecule has 4 heterocycles. The fourth-order valence-electron chi connectivity index (χ4n) is 3.80. The number of aromatic nitrogens is 5. The summed E-state index contributed by atoms with van der Waals surface area (Å²) < 4.78 is 8.00. The Morgan fingerprint density at radius 2 is 2.07 bits per heavy atom. The average molecular weight is 426 g/mol. The van der Waals surface area contributed by atoms with Gasteiger partial charge in [-0.1, -0.05) is 19.6 Å². The number of hydrogen-bond acceptors (Lipinski definition) is 7. The first-order chi connectivity index (χ1) is 14.4. The molecule has 8 nitrogen and oxygen atoms in total. The smallest absolute Gasteiger partial charge is 0.147 e. The van der Waals surface area contributed by atoms with E-state index in [-0.39, 0.29) is 0 Å². The highest BCUT2D eigenvalue weighted by molar-refractivity contribution is 6.76. The summed E-state index contributed by atoms with van der Waals surface area (Å²) in [5.41, 5.74) is 0.929. The molecule has 30 heavy (non-hydrogen) atoms. The second-order valence-electron chi connectivity index (χ2n) is 9.13. The van der Waals surface area contributed by atoms with Crippen LogP contribution in [-0.2, 0) is 11.5 Å². The van der Waals surface area contributed by atoms with E-state index in [0.29, 0.717) is 12.8 Å². The van der Waals surface area contributed by atoms with Gasteiger partial charge in [-0.15, -0.1) is 0 Å². The van der Waals surface area contributed by atoms with Crippen molar-refractivity contribution in [3.63, 3.8) is 0 Å². The van der Waals surface area contributed by atoms with Crippen LogP contribution in [0.25, 0.3) is 11.0 Å². The van der Waals surface area contributed by atoms with Gasteiger partial charge in [-0.05, 0) is 18.5 Å². The van der Waals surface area contributed by atoms with Gasteiger partial charge in [0.05, 0.1) is 11.6 Å². The molecule has 0 unspecified atom stereocenters. The number of nitrogens with zero attached hydrogens (tertiary/aromatic N) is 7. The summed E-state index contributed by atoms with van der Waals surface area (Å²) in [6.07, 6.45) is 10.0. The summed E-state index contributed by atoms with van der Waals surface area (Å²) in [7, 11) is 1.01. The number of anilines is 2. The third kappa shape index (κ3) is 4.62. The van der Waals surface area contributed by atoms with Gasteiger partial charge in [-0.25, -0.2) is 15.0 Å². The third-order valence-corrected chi connectivity index (χ3v) is 7.39. The Kier molecular flexibility index (Phi) is 6.01. The predicted molar refractivity (Wildman–Crippen MR) is 123 cm³/mol. The molecule has 0 aromatic carbocycles. The Morgan fingerprint density at radius 1 is 1.20 bits per heavy atom. The lowest BCUT2D eigenvalue weighted by molar-refractivity contribution is 0.0899. The lowest BCUT2D eigenvalue weighted by atomic mass is 10.2. The second-order valence-corrected chi connectivity index (χ2v) is 14.8. The zero-order valence-electron chi connectivity index (χ0n) is 18.3. The van der Waals surface area contributed by atoms with Crippen molar-refractivity contribution in [2.75, 3.05) is 36.5 Å². The molecule has 4 rings (SSSR count). The van der Waals surface area contributed by atoms with Crippen molar-refractivity contribution in [3.05, 3.63) is 37.2 Å². The molecule has 1 saturated heterocycles. The van der Waals surface area contributed by atoms with Gasteiger partial charge in [0, 0.05) is 59.5 Å². The molecule has 0 saturated carbocycles. The number of rotatable bonds is 8. The predicted octanol–water partition coefficient (Wildman–Crippen LogP) is 3.25. The maximum absolute atomic E-state index is 5.93. The molecular weight excluding hydrogens is 394 g/mol. The summed E-state index contributed by atoms with van der Waals surface area (Å²) in [6.45, 7) is 10.3. The Morgan fingerprint density at radius 3 is 2.83 bits per heavy atom. The lowest BCUT2D eigenvalue weighted by Crippen LogP contribution is -2.35. The van der Waals surface area contributed by atoms with E-state index < -0.39 is 8.07 Å². The highest BCUT2D eigenvalue weighted by atomic mass is 28.3. The maximum atomic E-state index is 5.93. The topological polar surface area (TPSA) is 72.2 Å². The monoisotopic (exact) mass is 425 g/mol. The summed E-state index contributed by atoms with van der Waals surface area (Å²) in [6, 6.07) is 3.64. The van der Waals surface area contributed by atoms with Gasteiger partial charge in [-0.2, -0.15) is 0 Å². The third-order valence-electron chi connectivity index (χ3n) is 5.68. The summed E-state index contributed by atoms with van der Waals surface area (Å²) in [4.78, 5) is 22.3. The molecular formula is C21H31N7OSi. The number of fused-ring (bicyclic) bond motifs is 1. The zero-order valence-corrected chi connectivity index (χ0v) is 19.3. The molecule has 1 atom stereocenters. The van der Waals surface area contributed by atoms with Crippen LogP contribution in [0.4, 0.5) is 11.6 Å². The molecule has 3 aromatic heterocycles. The van der Waals surface area contributed by atoms with Crippen LogP contribution in [0, 0.1) is 0 Å². The van der Waals surface area contributed by atoms with Gasteiger partial charge < -0.3 is 19.1 Å². The van der Waals surface area contributed by atoms with E-state index in [4.69, 9.17) is 4.74 Å². The molecule has 9 heteroatoms. The first-order valence-electron chi connectivity index (χ1n) is 10.5. The van der Waals surface area contributed by atoms with Gasteiger partial charge in [0.15, 0.2) is 0 Å². The second kappa shape index (κ2) is 8.69. The molecule has 0 spiro atoms. The number of likely N-dealkylation sites (N-methyl/N-ethyl adjacent to an activating group) is 1. The number of hydrogen-bond donors (Lipinski definition) is 0. The minimum absolute atomic E-state index is 0.374. The standard InChI is InChI=1S/C21H31N7OSi/c1-26(19-13-22-7-8-23-19)17-5-9-27(14-17)20-18-6-10-28(21(18)25-15-24-20)16-29-11-12-30(2,3)4/h6-8,10,13,15,17H,5,9,11-12,14,16H2,1-4H3/t17-/m1/s1. The van der Waals surface area contributed by atoms with E-state index in [9.17, 15) is 0 Å². The fraction of sp³-hybridized carbons (Fsp3) is 0.524. The lowest BCUT2D eigenvalue weighted by Gasteiger charge is -2.25. The summed E-state index contributed by atoms with van der Waals surface area (Å²) in [5, 5.41) is 1.08. The van der Waals surface area contributed by atoms with Crippen LogP contribution in [0.15, 0.2) is 37.2 Å². The molecule has 0 N–H and O–H groups in total. The van der Waals surface area contributed by atoms with Crippen molar-refractivity contribution in [2.24, 2.45) is 0 Å².